The highest BCUT2D eigenvalue weighted by atomic mass is 16.6. The summed E-state index contributed by atoms with van der Waals surface area (Å²) in [5, 5.41) is 0.385. The number of ether oxygens (including phenoxy) is 2. The highest BCUT2D eigenvalue weighted by Gasteiger charge is 2.16. The van der Waals surface area contributed by atoms with Crippen LogP contribution < -0.4 is 5.43 Å². The van der Waals surface area contributed by atoms with Gasteiger partial charge in [-0.25, -0.2) is 9.59 Å². The molecule has 0 aliphatic carbocycles. The van der Waals surface area contributed by atoms with E-state index in [-0.39, 0.29) is 22.9 Å². The summed E-state index contributed by atoms with van der Waals surface area (Å²) in [5.41, 5.74) is 0.850. The van der Waals surface area contributed by atoms with E-state index in [9.17, 15) is 14.4 Å². The molecule has 0 amide bonds. The normalized spacial score (nSPS) is 10.7. The Kier molecular flexibility index (Phi) is 4.60. The van der Waals surface area contributed by atoms with Crippen LogP contribution in [0.1, 0.15) is 30.0 Å². The third-order valence-corrected chi connectivity index (χ3v) is 2.77. The lowest BCUT2D eigenvalue weighted by atomic mass is 10.1. The Hall–Kier alpha value is -2.63. The highest BCUT2D eigenvalue weighted by molar-refractivity contribution is 5.90. The van der Waals surface area contributed by atoms with Gasteiger partial charge in [0, 0.05) is 6.07 Å². The van der Waals surface area contributed by atoms with Gasteiger partial charge in [-0.1, -0.05) is 11.6 Å². The quantitative estimate of drug-likeness (QED) is 0.805. The fourth-order valence-corrected chi connectivity index (χ4v) is 1.86. The van der Waals surface area contributed by atoms with E-state index in [4.69, 9.17) is 13.9 Å². The van der Waals surface area contributed by atoms with E-state index in [1.54, 1.807) is 32.0 Å². The van der Waals surface area contributed by atoms with Gasteiger partial charge in [0.05, 0.1) is 11.5 Å². The average molecular weight is 304 g/mol. The van der Waals surface area contributed by atoms with Crippen molar-refractivity contribution in [2.24, 2.45) is 0 Å². The minimum atomic E-state index is -0.889. The van der Waals surface area contributed by atoms with E-state index in [2.05, 4.69) is 0 Å². The lowest BCUT2D eigenvalue weighted by Gasteiger charge is -2.08. The van der Waals surface area contributed by atoms with Crippen molar-refractivity contribution in [3.05, 3.63) is 45.8 Å². The van der Waals surface area contributed by atoms with Gasteiger partial charge in [0.15, 0.2) is 12.0 Å². The minimum absolute atomic E-state index is 0.251. The molecule has 0 bridgehead atoms. The van der Waals surface area contributed by atoms with E-state index < -0.39 is 18.5 Å². The molecular formula is C16H16O6. The topological polar surface area (TPSA) is 82.8 Å². The fourth-order valence-electron chi connectivity index (χ4n) is 1.86. The third kappa shape index (κ3) is 3.72. The number of rotatable bonds is 4. The first kappa shape index (κ1) is 15.8. The van der Waals surface area contributed by atoms with Crippen LogP contribution in [0.15, 0.2) is 33.5 Å². The largest absolute Gasteiger partial charge is 0.460 e. The molecule has 0 unspecified atom stereocenters. The molecule has 6 nitrogen and oxygen atoms in total. The Morgan fingerprint density at radius 1 is 1.23 bits per heavy atom. The molecule has 22 heavy (non-hydrogen) atoms. The van der Waals surface area contributed by atoms with E-state index in [1.807, 2.05) is 6.92 Å². The van der Waals surface area contributed by atoms with Crippen molar-refractivity contribution >= 4 is 22.9 Å². The van der Waals surface area contributed by atoms with Crippen molar-refractivity contribution in [1.82, 2.24) is 0 Å². The number of esters is 2. The Labute approximate surface area is 126 Å². The summed E-state index contributed by atoms with van der Waals surface area (Å²) in [6, 6.07) is 6.10. The molecule has 0 radical (unpaired) electrons. The zero-order chi connectivity index (χ0) is 16.3. The summed E-state index contributed by atoms with van der Waals surface area (Å²) in [4.78, 5) is 35.1. The summed E-state index contributed by atoms with van der Waals surface area (Å²) in [5.74, 6) is -1.80. The van der Waals surface area contributed by atoms with Crippen LogP contribution in [0.2, 0.25) is 0 Å². The molecule has 6 heteroatoms. The summed E-state index contributed by atoms with van der Waals surface area (Å²) >= 11 is 0. The molecule has 0 aliphatic heterocycles. The van der Waals surface area contributed by atoms with Gasteiger partial charge in [-0.15, -0.1) is 0 Å². The van der Waals surface area contributed by atoms with Gasteiger partial charge in [0.2, 0.25) is 5.76 Å². The van der Waals surface area contributed by atoms with Crippen LogP contribution in [-0.2, 0) is 14.3 Å². The van der Waals surface area contributed by atoms with Crippen LogP contribution in [0.5, 0.6) is 0 Å². The zero-order valence-electron chi connectivity index (χ0n) is 12.5. The molecule has 0 atom stereocenters. The van der Waals surface area contributed by atoms with Gasteiger partial charge in [-0.2, -0.15) is 0 Å². The second-order valence-electron chi connectivity index (χ2n) is 5.09. The van der Waals surface area contributed by atoms with E-state index in [1.165, 1.54) is 0 Å². The van der Waals surface area contributed by atoms with Crippen LogP contribution >= 0.6 is 0 Å². The van der Waals surface area contributed by atoms with Crippen molar-refractivity contribution in [2.75, 3.05) is 6.61 Å². The van der Waals surface area contributed by atoms with E-state index >= 15 is 0 Å². The standard InChI is InChI=1S/C16H16O6/c1-9(2)21-15(18)8-20-16(19)14-7-12(17)11-6-10(3)4-5-13(11)22-14/h4-7,9H,8H2,1-3H3. The van der Waals surface area contributed by atoms with Crippen molar-refractivity contribution in [1.29, 1.82) is 0 Å². The maximum atomic E-state index is 12.0. The third-order valence-electron chi connectivity index (χ3n) is 2.77. The van der Waals surface area contributed by atoms with Crippen molar-refractivity contribution in [3.63, 3.8) is 0 Å². The fraction of sp³-hybridized carbons (Fsp3) is 0.312. The molecule has 0 saturated heterocycles. The molecule has 1 heterocycles. The first-order chi connectivity index (χ1) is 10.4. The highest BCUT2D eigenvalue weighted by Crippen LogP contribution is 2.14. The molecule has 0 fully saturated rings. The first-order valence-electron chi connectivity index (χ1n) is 6.78. The molecule has 1 aromatic heterocycles. The zero-order valence-corrected chi connectivity index (χ0v) is 12.5. The molecule has 2 rings (SSSR count). The molecule has 1 aromatic carbocycles. The molecule has 0 spiro atoms. The maximum Gasteiger partial charge on any atom is 0.374 e. The Morgan fingerprint density at radius 2 is 1.95 bits per heavy atom. The second kappa shape index (κ2) is 6.43. The van der Waals surface area contributed by atoms with Gasteiger partial charge in [-0.05, 0) is 32.9 Å². The van der Waals surface area contributed by atoms with E-state index in [0.29, 0.717) is 5.39 Å². The minimum Gasteiger partial charge on any atom is -0.460 e. The number of benzene rings is 1. The van der Waals surface area contributed by atoms with Crippen LogP contribution in [0.4, 0.5) is 0 Å². The van der Waals surface area contributed by atoms with Gasteiger partial charge in [-0.3, -0.25) is 4.79 Å². The number of fused-ring (bicyclic) bond motifs is 1. The Bertz CT molecular complexity index is 772. The SMILES string of the molecule is Cc1ccc2oc(C(=O)OCC(=O)OC(C)C)cc(=O)c2c1. The van der Waals surface area contributed by atoms with Gasteiger partial charge >= 0.3 is 11.9 Å². The average Bonchev–Trinajstić information content (AvgIpc) is 2.44. The summed E-state index contributed by atoms with van der Waals surface area (Å²) < 4.78 is 15.0. The predicted molar refractivity (Wildman–Crippen MR) is 78.7 cm³/mol. The number of hydrogen-bond donors (Lipinski definition) is 0. The summed E-state index contributed by atoms with van der Waals surface area (Å²) in [7, 11) is 0. The van der Waals surface area contributed by atoms with Crippen LogP contribution in [0.3, 0.4) is 0 Å². The van der Waals surface area contributed by atoms with Crippen molar-refractivity contribution in [3.8, 4) is 0 Å². The molecule has 116 valence electrons. The van der Waals surface area contributed by atoms with Crippen molar-refractivity contribution in [2.45, 2.75) is 26.9 Å². The summed E-state index contributed by atoms with van der Waals surface area (Å²) in [6.45, 7) is 4.68. The number of carbonyl (C=O) groups is 2. The Morgan fingerprint density at radius 3 is 2.64 bits per heavy atom. The molecule has 2 aromatic rings. The monoisotopic (exact) mass is 304 g/mol. The predicted octanol–water partition coefficient (Wildman–Crippen LogP) is 2.21. The lowest BCUT2D eigenvalue weighted by molar-refractivity contribution is -0.151. The van der Waals surface area contributed by atoms with Gasteiger partial charge in [0.25, 0.3) is 0 Å². The number of carbonyl (C=O) groups excluding carboxylic acids is 2. The number of aryl methyl sites for hydroxylation is 1. The van der Waals surface area contributed by atoms with Crippen LogP contribution in [0.25, 0.3) is 11.0 Å². The lowest BCUT2D eigenvalue weighted by Crippen LogP contribution is -2.20. The second-order valence-corrected chi connectivity index (χ2v) is 5.09. The molecule has 0 saturated carbocycles. The van der Waals surface area contributed by atoms with Crippen molar-refractivity contribution < 1.29 is 23.5 Å². The van der Waals surface area contributed by atoms with Crippen LogP contribution in [-0.4, -0.2) is 24.6 Å². The molecular weight excluding hydrogens is 288 g/mol. The number of hydrogen-bond acceptors (Lipinski definition) is 6. The van der Waals surface area contributed by atoms with E-state index in [0.717, 1.165) is 11.6 Å². The van der Waals surface area contributed by atoms with Gasteiger partial charge < -0.3 is 13.9 Å². The molecule has 0 N–H and O–H groups in total. The Balaban J connectivity index is 2.17. The first-order valence-corrected chi connectivity index (χ1v) is 6.78. The van der Waals surface area contributed by atoms with Gasteiger partial charge in [0.1, 0.15) is 5.58 Å². The smallest absolute Gasteiger partial charge is 0.374 e. The summed E-state index contributed by atoms with van der Waals surface area (Å²) in [6.07, 6.45) is -0.298. The molecule has 0 aliphatic rings. The van der Waals surface area contributed by atoms with Crippen LogP contribution in [0, 0.1) is 6.92 Å². The maximum absolute atomic E-state index is 12.0.